The first-order chi connectivity index (χ1) is 13.7. The summed E-state index contributed by atoms with van der Waals surface area (Å²) < 4.78 is 16.9. The normalized spacial score (nSPS) is 14.7. The summed E-state index contributed by atoms with van der Waals surface area (Å²) in [4.78, 5) is 12.9. The molecule has 0 bridgehead atoms. The quantitative estimate of drug-likeness (QED) is 0.449. The Morgan fingerprint density at radius 3 is 2.61 bits per heavy atom. The van der Waals surface area contributed by atoms with Gasteiger partial charge in [0, 0.05) is 11.1 Å². The van der Waals surface area contributed by atoms with Crippen LogP contribution in [0, 0.1) is 0 Å². The molecule has 0 unspecified atom stereocenters. The van der Waals surface area contributed by atoms with Gasteiger partial charge in [0.2, 0.25) is 0 Å². The standard InChI is InChI=1S/C24H28O4/c1-4-6-13-28-22-12-7-17(15-23(22)27-5-2)14-19-9-8-18-16-20(26-3)10-11-21(18)24(19)25/h7,10-12,14-16H,4-6,8-9,13H2,1-3H3/b19-14+. The second-order valence-corrected chi connectivity index (χ2v) is 6.86. The summed E-state index contributed by atoms with van der Waals surface area (Å²) in [5, 5.41) is 0. The van der Waals surface area contributed by atoms with Crippen molar-refractivity contribution >= 4 is 11.9 Å². The zero-order valence-corrected chi connectivity index (χ0v) is 16.9. The van der Waals surface area contributed by atoms with Gasteiger partial charge in [0.1, 0.15) is 5.75 Å². The molecule has 2 aromatic rings. The van der Waals surface area contributed by atoms with E-state index in [0.717, 1.165) is 65.2 Å². The van der Waals surface area contributed by atoms with Crippen molar-refractivity contribution in [2.45, 2.75) is 39.5 Å². The number of ether oxygens (including phenoxy) is 3. The van der Waals surface area contributed by atoms with Gasteiger partial charge < -0.3 is 14.2 Å². The number of carbonyl (C=O) groups excluding carboxylic acids is 1. The molecule has 0 radical (unpaired) electrons. The minimum absolute atomic E-state index is 0.0881. The molecule has 0 saturated carbocycles. The number of allylic oxidation sites excluding steroid dienone is 1. The summed E-state index contributed by atoms with van der Waals surface area (Å²) >= 11 is 0. The Bertz CT molecular complexity index is 867. The minimum Gasteiger partial charge on any atom is -0.497 e. The monoisotopic (exact) mass is 380 g/mol. The van der Waals surface area contributed by atoms with Crippen molar-refractivity contribution in [2.24, 2.45) is 0 Å². The van der Waals surface area contributed by atoms with E-state index in [0.29, 0.717) is 13.2 Å². The SMILES string of the molecule is CCCCOc1ccc(/C=C2\CCc3cc(OC)ccc3C2=O)cc1OCC. The molecule has 4 nitrogen and oxygen atoms in total. The van der Waals surface area contributed by atoms with Crippen LogP contribution in [-0.4, -0.2) is 26.1 Å². The lowest BCUT2D eigenvalue weighted by molar-refractivity contribution is 0.102. The number of rotatable bonds is 8. The molecule has 2 aromatic carbocycles. The number of aryl methyl sites for hydroxylation is 1. The van der Waals surface area contributed by atoms with Crippen LogP contribution in [0.4, 0.5) is 0 Å². The fourth-order valence-corrected chi connectivity index (χ4v) is 3.35. The van der Waals surface area contributed by atoms with Gasteiger partial charge in [0.15, 0.2) is 17.3 Å². The van der Waals surface area contributed by atoms with Crippen LogP contribution < -0.4 is 14.2 Å². The second kappa shape index (κ2) is 9.45. The molecule has 0 N–H and O–H groups in total. The Morgan fingerprint density at radius 2 is 1.86 bits per heavy atom. The van der Waals surface area contributed by atoms with Gasteiger partial charge in [-0.2, -0.15) is 0 Å². The molecule has 28 heavy (non-hydrogen) atoms. The zero-order chi connectivity index (χ0) is 19.9. The Morgan fingerprint density at radius 1 is 1.00 bits per heavy atom. The number of hydrogen-bond acceptors (Lipinski definition) is 4. The summed E-state index contributed by atoms with van der Waals surface area (Å²) in [6, 6.07) is 11.5. The van der Waals surface area contributed by atoms with Gasteiger partial charge >= 0.3 is 0 Å². The van der Waals surface area contributed by atoms with E-state index in [2.05, 4.69) is 6.92 Å². The van der Waals surface area contributed by atoms with E-state index >= 15 is 0 Å². The predicted octanol–water partition coefficient (Wildman–Crippen LogP) is 5.49. The van der Waals surface area contributed by atoms with Crippen LogP contribution in [0.1, 0.15) is 54.6 Å². The summed E-state index contributed by atoms with van der Waals surface area (Å²) in [7, 11) is 1.64. The maximum Gasteiger partial charge on any atom is 0.189 e. The van der Waals surface area contributed by atoms with E-state index < -0.39 is 0 Å². The lowest BCUT2D eigenvalue weighted by atomic mass is 9.86. The van der Waals surface area contributed by atoms with Crippen LogP contribution in [0.2, 0.25) is 0 Å². The molecule has 0 saturated heterocycles. The molecule has 0 atom stereocenters. The van der Waals surface area contributed by atoms with Crippen LogP contribution in [0.15, 0.2) is 42.0 Å². The van der Waals surface area contributed by atoms with E-state index in [1.165, 1.54) is 0 Å². The number of hydrogen-bond donors (Lipinski definition) is 0. The van der Waals surface area contributed by atoms with Crippen LogP contribution >= 0.6 is 0 Å². The Labute approximate surface area is 167 Å². The lowest BCUT2D eigenvalue weighted by Gasteiger charge is -2.18. The van der Waals surface area contributed by atoms with Gasteiger partial charge in [0.25, 0.3) is 0 Å². The summed E-state index contributed by atoms with van der Waals surface area (Å²) in [5.74, 6) is 2.36. The topological polar surface area (TPSA) is 44.8 Å². The summed E-state index contributed by atoms with van der Waals surface area (Å²) in [5.41, 5.74) is 3.59. The Kier molecular flexibility index (Phi) is 6.75. The van der Waals surface area contributed by atoms with Gasteiger partial charge in [-0.15, -0.1) is 0 Å². The predicted molar refractivity (Wildman–Crippen MR) is 112 cm³/mol. The third-order valence-electron chi connectivity index (χ3n) is 4.88. The van der Waals surface area contributed by atoms with Gasteiger partial charge in [0.05, 0.1) is 20.3 Å². The highest BCUT2D eigenvalue weighted by atomic mass is 16.5. The first-order valence-corrected chi connectivity index (χ1v) is 9.98. The molecule has 0 aromatic heterocycles. The highest BCUT2D eigenvalue weighted by Gasteiger charge is 2.22. The smallest absolute Gasteiger partial charge is 0.189 e. The third kappa shape index (κ3) is 4.56. The molecule has 4 heteroatoms. The average molecular weight is 380 g/mol. The largest absolute Gasteiger partial charge is 0.497 e. The maximum absolute atomic E-state index is 12.9. The number of Topliss-reactive ketones (excluding diaryl/α,β-unsaturated/α-hetero) is 1. The van der Waals surface area contributed by atoms with Crippen molar-refractivity contribution in [1.82, 2.24) is 0 Å². The van der Waals surface area contributed by atoms with Crippen LogP contribution in [0.25, 0.3) is 6.08 Å². The second-order valence-electron chi connectivity index (χ2n) is 6.86. The molecule has 3 rings (SSSR count). The fraction of sp³-hybridized carbons (Fsp3) is 0.375. The first-order valence-electron chi connectivity index (χ1n) is 9.98. The van der Waals surface area contributed by atoms with E-state index in [-0.39, 0.29) is 5.78 Å². The van der Waals surface area contributed by atoms with Gasteiger partial charge in [-0.25, -0.2) is 0 Å². The van der Waals surface area contributed by atoms with E-state index in [9.17, 15) is 4.79 Å². The van der Waals surface area contributed by atoms with E-state index in [4.69, 9.17) is 14.2 Å². The van der Waals surface area contributed by atoms with Gasteiger partial charge in [-0.1, -0.05) is 19.4 Å². The van der Waals surface area contributed by atoms with Crippen molar-refractivity contribution in [1.29, 1.82) is 0 Å². The van der Waals surface area contributed by atoms with Crippen molar-refractivity contribution in [3.63, 3.8) is 0 Å². The maximum atomic E-state index is 12.9. The molecular formula is C24H28O4. The van der Waals surface area contributed by atoms with Crippen molar-refractivity contribution < 1.29 is 19.0 Å². The molecule has 0 heterocycles. The molecule has 1 aliphatic carbocycles. The fourth-order valence-electron chi connectivity index (χ4n) is 3.35. The minimum atomic E-state index is 0.0881. The molecular weight excluding hydrogens is 352 g/mol. The van der Waals surface area contributed by atoms with Crippen LogP contribution in [0.3, 0.4) is 0 Å². The Hall–Kier alpha value is -2.75. The molecule has 0 aliphatic heterocycles. The van der Waals surface area contributed by atoms with Crippen LogP contribution in [0.5, 0.6) is 17.2 Å². The first kappa shape index (κ1) is 20.0. The number of methoxy groups -OCH3 is 1. The molecule has 0 fully saturated rings. The summed E-state index contributed by atoms with van der Waals surface area (Å²) in [6.45, 7) is 5.34. The Balaban J connectivity index is 1.84. The number of fused-ring (bicyclic) bond motifs is 1. The lowest BCUT2D eigenvalue weighted by Crippen LogP contribution is -2.14. The summed E-state index contributed by atoms with van der Waals surface area (Å²) in [6.07, 6.45) is 5.62. The van der Waals surface area contributed by atoms with E-state index in [1.807, 2.05) is 49.4 Å². The number of unbranched alkanes of at least 4 members (excludes halogenated alkanes) is 1. The van der Waals surface area contributed by atoms with Crippen molar-refractivity contribution in [2.75, 3.05) is 20.3 Å². The highest BCUT2D eigenvalue weighted by Crippen LogP contribution is 2.32. The zero-order valence-electron chi connectivity index (χ0n) is 16.9. The molecule has 0 spiro atoms. The average Bonchev–Trinajstić information content (AvgIpc) is 2.71. The number of benzene rings is 2. The third-order valence-corrected chi connectivity index (χ3v) is 4.88. The van der Waals surface area contributed by atoms with Gasteiger partial charge in [-0.05, 0) is 73.7 Å². The van der Waals surface area contributed by atoms with Crippen LogP contribution in [-0.2, 0) is 6.42 Å². The van der Waals surface area contributed by atoms with Crippen molar-refractivity contribution in [3.8, 4) is 17.2 Å². The van der Waals surface area contributed by atoms with E-state index in [1.54, 1.807) is 7.11 Å². The molecule has 0 amide bonds. The number of ketones is 1. The molecule has 148 valence electrons. The highest BCUT2D eigenvalue weighted by molar-refractivity contribution is 6.13. The van der Waals surface area contributed by atoms with Crippen molar-refractivity contribution in [3.05, 3.63) is 58.7 Å². The van der Waals surface area contributed by atoms with Gasteiger partial charge in [-0.3, -0.25) is 4.79 Å². The molecule has 1 aliphatic rings. The number of carbonyl (C=O) groups is 1.